The first kappa shape index (κ1) is 10.4. The van der Waals surface area contributed by atoms with E-state index in [-0.39, 0.29) is 0 Å². The minimum absolute atomic E-state index is 0.635. The van der Waals surface area contributed by atoms with Gasteiger partial charge in [0.1, 0.15) is 0 Å². The van der Waals surface area contributed by atoms with E-state index in [9.17, 15) is 0 Å². The van der Waals surface area contributed by atoms with Gasteiger partial charge in [0.05, 0.1) is 0 Å². The van der Waals surface area contributed by atoms with Crippen molar-refractivity contribution in [1.82, 2.24) is 0 Å². The first-order chi connectivity index (χ1) is 8.93. The van der Waals surface area contributed by atoms with Crippen molar-refractivity contribution in [3.8, 4) is 0 Å². The van der Waals surface area contributed by atoms with Gasteiger partial charge in [-0.15, -0.1) is 0 Å². The van der Waals surface area contributed by atoms with Gasteiger partial charge in [0, 0.05) is 11.8 Å². The van der Waals surface area contributed by atoms with Crippen LogP contribution >= 0.6 is 0 Å². The Bertz CT molecular complexity index is 559. The third-order valence-corrected chi connectivity index (χ3v) is 4.62. The Kier molecular flexibility index (Phi) is 2.29. The van der Waals surface area contributed by atoms with Crippen LogP contribution in [0.25, 0.3) is 0 Å². The van der Waals surface area contributed by atoms with Crippen LogP contribution in [0.15, 0.2) is 60.2 Å². The second-order valence-corrected chi connectivity index (χ2v) is 5.50. The first-order valence-electron chi connectivity index (χ1n) is 6.92. The Hall–Kier alpha value is -1.56. The average Bonchev–Trinajstić information content (AvgIpc) is 3.01. The van der Waals surface area contributed by atoms with Crippen LogP contribution in [-0.4, -0.2) is 0 Å². The van der Waals surface area contributed by atoms with Crippen molar-refractivity contribution in [2.24, 2.45) is 11.8 Å². The predicted molar refractivity (Wildman–Crippen MR) is 75.1 cm³/mol. The molecule has 3 aliphatic rings. The van der Waals surface area contributed by atoms with Crippen molar-refractivity contribution in [2.45, 2.75) is 19.3 Å². The van der Waals surface area contributed by atoms with Gasteiger partial charge in [-0.1, -0.05) is 54.6 Å². The van der Waals surface area contributed by atoms with Crippen molar-refractivity contribution in [1.29, 1.82) is 0 Å². The summed E-state index contributed by atoms with van der Waals surface area (Å²) < 4.78 is 0. The summed E-state index contributed by atoms with van der Waals surface area (Å²) in [5.41, 5.74) is 4.62. The lowest BCUT2D eigenvalue weighted by Gasteiger charge is -2.26. The van der Waals surface area contributed by atoms with Crippen LogP contribution in [0.5, 0.6) is 0 Å². The van der Waals surface area contributed by atoms with Gasteiger partial charge in [-0.25, -0.2) is 0 Å². The second-order valence-electron chi connectivity index (χ2n) is 5.50. The summed E-state index contributed by atoms with van der Waals surface area (Å²) >= 11 is 0. The van der Waals surface area contributed by atoms with E-state index in [0.29, 0.717) is 11.8 Å². The van der Waals surface area contributed by atoms with Gasteiger partial charge in [0.15, 0.2) is 0 Å². The number of rotatable bonds is 1. The largest absolute Gasteiger partial charge is 0.0804 e. The molecule has 0 aliphatic heterocycles. The maximum atomic E-state index is 2.43. The molecule has 3 aliphatic carbocycles. The third kappa shape index (κ3) is 1.45. The van der Waals surface area contributed by atoms with Gasteiger partial charge in [-0.2, -0.15) is 0 Å². The Morgan fingerprint density at radius 3 is 2.94 bits per heavy atom. The molecule has 0 N–H and O–H groups in total. The summed E-state index contributed by atoms with van der Waals surface area (Å²) in [5, 5.41) is 0. The molecule has 2 atom stereocenters. The highest BCUT2D eigenvalue weighted by molar-refractivity contribution is 5.48. The maximum absolute atomic E-state index is 2.43. The Labute approximate surface area is 109 Å². The standard InChI is InChI=1S/C18H17/c1-3-7-15-13(5-1)9-11-17(15)18-12-10-14-6-2-4-8-16(14)18/h1-9,15,17H,10-12H2. The molecule has 0 spiro atoms. The van der Waals surface area contributed by atoms with Gasteiger partial charge in [0.25, 0.3) is 0 Å². The molecular formula is C18H17. The zero-order chi connectivity index (χ0) is 11.9. The normalized spacial score (nSPS) is 29.2. The van der Waals surface area contributed by atoms with E-state index in [1.54, 1.807) is 17.0 Å². The predicted octanol–water partition coefficient (Wildman–Crippen LogP) is 4.24. The molecule has 1 radical (unpaired) electrons. The summed E-state index contributed by atoms with van der Waals surface area (Å²) in [4.78, 5) is 0. The fourth-order valence-electron chi connectivity index (χ4n) is 3.75. The van der Waals surface area contributed by atoms with Crippen LogP contribution in [0.1, 0.15) is 24.0 Å². The lowest BCUT2D eigenvalue weighted by atomic mass is 9.77. The van der Waals surface area contributed by atoms with E-state index < -0.39 is 0 Å². The molecule has 1 aromatic rings. The van der Waals surface area contributed by atoms with Crippen molar-refractivity contribution in [3.63, 3.8) is 0 Å². The van der Waals surface area contributed by atoms with E-state index >= 15 is 0 Å². The van der Waals surface area contributed by atoms with Crippen LogP contribution in [0.2, 0.25) is 0 Å². The zero-order valence-electron chi connectivity index (χ0n) is 10.5. The molecular weight excluding hydrogens is 216 g/mol. The van der Waals surface area contributed by atoms with Gasteiger partial charge in [-0.3, -0.25) is 0 Å². The van der Waals surface area contributed by atoms with Crippen LogP contribution in [0, 0.1) is 17.8 Å². The SMILES string of the molecule is C1=CC2=CCC([C]3CCc4ccccc43)C2C=C1. The number of hydrogen-bond donors (Lipinski definition) is 0. The minimum Gasteiger partial charge on any atom is -0.0804 e. The number of allylic oxidation sites excluding steroid dienone is 6. The molecule has 0 saturated carbocycles. The summed E-state index contributed by atoms with van der Waals surface area (Å²) in [6, 6.07) is 8.97. The zero-order valence-corrected chi connectivity index (χ0v) is 10.5. The van der Waals surface area contributed by atoms with Crippen LogP contribution in [0.4, 0.5) is 0 Å². The second kappa shape index (κ2) is 3.98. The molecule has 18 heavy (non-hydrogen) atoms. The van der Waals surface area contributed by atoms with Crippen LogP contribution < -0.4 is 0 Å². The van der Waals surface area contributed by atoms with Crippen molar-refractivity contribution < 1.29 is 0 Å². The van der Waals surface area contributed by atoms with E-state index in [1.165, 1.54) is 24.8 Å². The molecule has 89 valence electrons. The number of benzene rings is 1. The van der Waals surface area contributed by atoms with Crippen molar-refractivity contribution in [3.05, 3.63) is 77.3 Å². The topological polar surface area (TPSA) is 0 Å². The Morgan fingerprint density at radius 1 is 1.00 bits per heavy atom. The molecule has 0 bridgehead atoms. The molecule has 0 heterocycles. The van der Waals surface area contributed by atoms with E-state index in [2.05, 4.69) is 54.6 Å². The van der Waals surface area contributed by atoms with Gasteiger partial charge in [0.2, 0.25) is 0 Å². The fourth-order valence-corrected chi connectivity index (χ4v) is 3.75. The Balaban J connectivity index is 1.67. The third-order valence-electron chi connectivity index (χ3n) is 4.62. The van der Waals surface area contributed by atoms with Gasteiger partial charge < -0.3 is 0 Å². The lowest BCUT2D eigenvalue weighted by Crippen LogP contribution is -2.17. The summed E-state index contributed by atoms with van der Waals surface area (Å²) in [6.45, 7) is 0. The average molecular weight is 233 g/mol. The smallest absolute Gasteiger partial charge is 0.00989 e. The molecule has 4 rings (SSSR count). The summed E-state index contributed by atoms with van der Waals surface area (Å²) in [5.74, 6) is 3.04. The van der Waals surface area contributed by atoms with Crippen molar-refractivity contribution in [2.75, 3.05) is 0 Å². The first-order valence-corrected chi connectivity index (χ1v) is 6.92. The van der Waals surface area contributed by atoms with E-state index in [1.807, 2.05) is 0 Å². The van der Waals surface area contributed by atoms with Gasteiger partial charge >= 0.3 is 0 Å². The van der Waals surface area contributed by atoms with Crippen LogP contribution in [0.3, 0.4) is 0 Å². The maximum Gasteiger partial charge on any atom is 0.00989 e. The highest BCUT2D eigenvalue weighted by Crippen LogP contribution is 2.48. The highest BCUT2D eigenvalue weighted by atomic mass is 14.4. The number of hydrogen-bond acceptors (Lipinski definition) is 0. The molecule has 0 amide bonds. The van der Waals surface area contributed by atoms with Crippen molar-refractivity contribution >= 4 is 0 Å². The van der Waals surface area contributed by atoms with Gasteiger partial charge in [-0.05, 0) is 41.9 Å². The quantitative estimate of drug-likeness (QED) is 0.680. The molecule has 0 heteroatoms. The monoisotopic (exact) mass is 233 g/mol. The molecule has 2 unspecified atom stereocenters. The number of aryl methyl sites for hydroxylation is 1. The Morgan fingerprint density at radius 2 is 1.94 bits per heavy atom. The molecule has 0 fully saturated rings. The minimum atomic E-state index is 0.635. The molecule has 0 saturated heterocycles. The fraction of sp³-hybridized carbons (Fsp3) is 0.278. The van der Waals surface area contributed by atoms with E-state index in [4.69, 9.17) is 0 Å². The van der Waals surface area contributed by atoms with E-state index in [0.717, 1.165) is 0 Å². The lowest BCUT2D eigenvalue weighted by molar-refractivity contribution is 0.494. The molecule has 0 aromatic heterocycles. The highest BCUT2D eigenvalue weighted by Gasteiger charge is 2.37. The number of fused-ring (bicyclic) bond motifs is 2. The molecule has 1 aromatic carbocycles. The summed E-state index contributed by atoms with van der Waals surface area (Å²) in [6.07, 6.45) is 15.2. The summed E-state index contributed by atoms with van der Waals surface area (Å²) in [7, 11) is 0. The van der Waals surface area contributed by atoms with Crippen LogP contribution in [-0.2, 0) is 6.42 Å². The molecule has 0 nitrogen and oxygen atoms in total.